The number of aryl methyl sites for hydroxylation is 2. The maximum Gasteiger partial charge on any atom is 0.247 e. The Hall–Kier alpha value is -4.20. The summed E-state index contributed by atoms with van der Waals surface area (Å²) in [6, 6.07) is 14.0. The third-order valence-electron chi connectivity index (χ3n) is 6.54. The molecule has 6 N–H and O–H groups in total. The normalized spacial score (nSPS) is 11.7. The molecule has 0 fully saturated rings. The summed E-state index contributed by atoms with van der Waals surface area (Å²) in [6.45, 7) is 8.27. The summed E-state index contributed by atoms with van der Waals surface area (Å²) >= 11 is 0. The minimum absolute atomic E-state index is 0.411. The second-order valence-electron chi connectivity index (χ2n) is 8.76. The van der Waals surface area contributed by atoms with Gasteiger partial charge >= 0.3 is 0 Å². The molecule has 0 aliphatic rings. The first-order chi connectivity index (χ1) is 16.6. The predicted octanol–water partition coefficient (Wildman–Crippen LogP) is 3.20. The average Bonchev–Trinajstić information content (AvgIpc) is 2.80. The van der Waals surface area contributed by atoms with E-state index in [0.29, 0.717) is 57.4 Å². The van der Waals surface area contributed by atoms with Gasteiger partial charge in [-0.25, -0.2) is 0 Å². The number of likely N-dealkylation sites (N-methyl/N-ethyl adjacent to an activating group) is 1. The number of pyridine rings is 2. The Morgan fingerprint density at radius 1 is 0.800 bits per heavy atom. The number of anilines is 2. The Morgan fingerprint density at radius 3 is 1.60 bits per heavy atom. The third-order valence-corrected chi connectivity index (χ3v) is 6.54. The molecular weight excluding hydrogens is 440 g/mol. The molecule has 0 atom stereocenters. The first-order valence-corrected chi connectivity index (χ1v) is 11.6. The van der Waals surface area contributed by atoms with Gasteiger partial charge in [-0.15, -0.1) is 0 Å². The molecule has 2 amide bonds. The van der Waals surface area contributed by atoms with E-state index in [1.807, 2.05) is 27.7 Å². The average molecular weight is 471 g/mol. The van der Waals surface area contributed by atoms with Crippen molar-refractivity contribution in [2.45, 2.75) is 33.1 Å². The highest BCUT2D eigenvalue weighted by Gasteiger charge is 2.50. The minimum Gasteiger partial charge on any atom is -0.398 e. The number of amides is 2. The molecule has 180 valence electrons. The lowest BCUT2D eigenvalue weighted by Gasteiger charge is -2.35. The summed E-state index contributed by atoms with van der Waals surface area (Å²) in [5, 5.41) is 1.28. The van der Waals surface area contributed by atoms with E-state index in [2.05, 4.69) is 9.97 Å². The number of hydrogen-bond acceptors (Lipinski definition) is 6. The van der Waals surface area contributed by atoms with Crippen LogP contribution < -0.4 is 17.2 Å². The minimum atomic E-state index is -1.80. The Balaban J connectivity index is 2.10. The number of benzene rings is 2. The smallest absolute Gasteiger partial charge is 0.247 e. The van der Waals surface area contributed by atoms with Gasteiger partial charge in [0.05, 0.1) is 11.0 Å². The lowest BCUT2D eigenvalue weighted by atomic mass is 9.71. The highest BCUT2D eigenvalue weighted by atomic mass is 16.2. The summed E-state index contributed by atoms with van der Waals surface area (Å²) in [4.78, 5) is 38.3. The van der Waals surface area contributed by atoms with Crippen LogP contribution in [0.5, 0.6) is 0 Å². The van der Waals surface area contributed by atoms with E-state index in [-0.39, 0.29) is 0 Å². The number of primary amides is 1. The van der Waals surface area contributed by atoms with E-state index in [1.54, 1.807) is 53.4 Å². The number of carbonyl (C=O) groups excluding carboxylic acids is 2. The Labute approximate surface area is 204 Å². The van der Waals surface area contributed by atoms with Gasteiger partial charge in [0.15, 0.2) is 5.41 Å². The number of nitrogens with two attached hydrogens (primary N) is 3. The van der Waals surface area contributed by atoms with Crippen LogP contribution >= 0.6 is 0 Å². The maximum absolute atomic E-state index is 14.2. The molecule has 2 aromatic heterocycles. The van der Waals surface area contributed by atoms with Gasteiger partial charge in [-0.05, 0) is 75.2 Å². The first kappa shape index (κ1) is 23.9. The third kappa shape index (κ3) is 3.80. The molecule has 4 aromatic rings. The van der Waals surface area contributed by atoms with Crippen molar-refractivity contribution >= 4 is 45.0 Å². The van der Waals surface area contributed by atoms with Crippen LogP contribution in [0, 0.1) is 13.8 Å². The van der Waals surface area contributed by atoms with Gasteiger partial charge in [0.2, 0.25) is 11.8 Å². The molecule has 0 unspecified atom stereocenters. The fourth-order valence-electron chi connectivity index (χ4n) is 4.80. The van der Waals surface area contributed by atoms with Gasteiger partial charge in [0.25, 0.3) is 0 Å². The maximum atomic E-state index is 14.2. The topological polar surface area (TPSA) is 141 Å². The van der Waals surface area contributed by atoms with Crippen LogP contribution in [0.3, 0.4) is 0 Å². The van der Waals surface area contributed by atoms with Crippen LogP contribution in [-0.4, -0.2) is 39.8 Å². The molecule has 0 spiro atoms. The monoisotopic (exact) mass is 470 g/mol. The summed E-state index contributed by atoms with van der Waals surface area (Å²) in [7, 11) is 0. The van der Waals surface area contributed by atoms with Crippen molar-refractivity contribution < 1.29 is 9.59 Å². The molecule has 0 radical (unpaired) electrons. The molecule has 8 nitrogen and oxygen atoms in total. The molecule has 2 aromatic carbocycles. The van der Waals surface area contributed by atoms with Crippen LogP contribution in [0.15, 0.2) is 48.5 Å². The lowest BCUT2D eigenvalue weighted by Crippen LogP contribution is -2.55. The number of nitrogens with zero attached hydrogens (tertiary/aromatic N) is 3. The molecular formula is C27H30N6O2. The van der Waals surface area contributed by atoms with Gasteiger partial charge in [0, 0.05) is 46.6 Å². The molecule has 8 heteroatoms. The summed E-state index contributed by atoms with van der Waals surface area (Å²) < 4.78 is 0. The van der Waals surface area contributed by atoms with Gasteiger partial charge in [0.1, 0.15) is 0 Å². The van der Waals surface area contributed by atoms with Crippen molar-refractivity contribution in [1.29, 1.82) is 0 Å². The standard InChI is InChI=1S/C27H30N6O2/c1-5-33(6-2)26(35)27(25(30)34,17-7-9-23-19(13-17)21(28)11-15(3)31-23)18-8-10-24-20(14-18)22(29)12-16(4)32-24/h7-14H,5-6H2,1-4H3,(H2,28,31)(H2,29,32)(H2,30,34). The highest BCUT2D eigenvalue weighted by molar-refractivity contribution is 6.15. The van der Waals surface area contributed by atoms with Crippen molar-refractivity contribution in [1.82, 2.24) is 14.9 Å². The number of rotatable bonds is 6. The van der Waals surface area contributed by atoms with Crippen LogP contribution in [0.4, 0.5) is 11.4 Å². The second kappa shape index (κ2) is 8.87. The van der Waals surface area contributed by atoms with Gasteiger partial charge < -0.3 is 22.1 Å². The number of fused-ring (bicyclic) bond motifs is 2. The van der Waals surface area contributed by atoms with Crippen LogP contribution in [0.25, 0.3) is 21.8 Å². The molecule has 0 bridgehead atoms. The van der Waals surface area contributed by atoms with Crippen molar-refractivity contribution in [3.8, 4) is 0 Å². The Kier molecular flexibility index (Phi) is 6.06. The van der Waals surface area contributed by atoms with E-state index < -0.39 is 17.2 Å². The van der Waals surface area contributed by atoms with Crippen LogP contribution in [-0.2, 0) is 15.0 Å². The first-order valence-electron chi connectivity index (χ1n) is 11.6. The summed E-state index contributed by atoms with van der Waals surface area (Å²) in [6.07, 6.45) is 0. The van der Waals surface area contributed by atoms with E-state index in [0.717, 1.165) is 11.4 Å². The summed E-state index contributed by atoms with van der Waals surface area (Å²) in [5.74, 6) is -1.20. The summed E-state index contributed by atoms with van der Waals surface area (Å²) in [5.41, 5.74) is 21.7. The van der Waals surface area contributed by atoms with Gasteiger partial charge in [-0.1, -0.05) is 12.1 Å². The van der Waals surface area contributed by atoms with E-state index in [9.17, 15) is 9.59 Å². The zero-order valence-corrected chi connectivity index (χ0v) is 20.4. The van der Waals surface area contributed by atoms with Gasteiger partial charge in [-0.2, -0.15) is 0 Å². The molecule has 0 saturated heterocycles. The zero-order valence-electron chi connectivity index (χ0n) is 20.4. The SMILES string of the molecule is CCN(CC)C(=O)C(C(N)=O)(c1ccc2nc(C)cc(N)c2c1)c1ccc2nc(C)cc(N)c2c1. The Morgan fingerprint density at radius 2 is 1.23 bits per heavy atom. The predicted molar refractivity (Wildman–Crippen MR) is 140 cm³/mol. The fraction of sp³-hybridized carbons (Fsp3) is 0.259. The molecule has 4 rings (SSSR count). The fourth-order valence-corrected chi connectivity index (χ4v) is 4.80. The Bertz CT molecular complexity index is 1380. The quantitative estimate of drug-likeness (QED) is 0.370. The molecule has 35 heavy (non-hydrogen) atoms. The van der Waals surface area contributed by atoms with E-state index in [1.165, 1.54) is 0 Å². The van der Waals surface area contributed by atoms with Crippen molar-refractivity contribution in [3.05, 3.63) is 71.0 Å². The molecule has 2 heterocycles. The van der Waals surface area contributed by atoms with Crippen LogP contribution in [0.1, 0.15) is 36.4 Å². The number of aromatic nitrogens is 2. The van der Waals surface area contributed by atoms with Crippen LogP contribution in [0.2, 0.25) is 0 Å². The van der Waals surface area contributed by atoms with Crippen molar-refractivity contribution in [2.75, 3.05) is 24.6 Å². The largest absolute Gasteiger partial charge is 0.398 e. The van der Waals surface area contributed by atoms with E-state index >= 15 is 0 Å². The second-order valence-corrected chi connectivity index (χ2v) is 8.76. The highest BCUT2D eigenvalue weighted by Crippen LogP contribution is 2.39. The molecule has 0 saturated carbocycles. The van der Waals surface area contributed by atoms with Gasteiger partial charge in [-0.3, -0.25) is 19.6 Å². The van der Waals surface area contributed by atoms with E-state index in [4.69, 9.17) is 17.2 Å². The number of nitrogen functional groups attached to an aromatic ring is 2. The lowest BCUT2D eigenvalue weighted by molar-refractivity contribution is -0.141. The molecule has 0 aliphatic heterocycles. The zero-order chi connectivity index (χ0) is 25.5. The van der Waals surface area contributed by atoms with Crippen molar-refractivity contribution in [3.63, 3.8) is 0 Å². The molecule has 0 aliphatic carbocycles. The van der Waals surface area contributed by atoms with Crippen molar-refractivity contribution in [2.24, 2.45) is 5.73 Å². The number of carbonyl (C=O) groups is 2. The number of hydrogen-bond donors (Lipinski definition) is 3.